The van der Waals surface area contributed by atoms with Crippen LogP contribution in [0.25, 0.3) is 0 Å². The maximum Gasteiger partial charge on any atom is 0.323 e. The third kappa shape index (κ3) is 4.06. The number of carboxylic acids is 1. The molecule has 0 unspecified atom stereocenters. The van der Waals surface area contributed by atoms with Crippen molar-refractivity contribution in [1.82, 2.24) is 0 Å². The molecule has 0 heterocycles. The molecule has 0 fully saturated rings. The molecule has 100 valence electrons. The van der Waals surface area contributed by atoms with Crippen molar-refractivity contribution in [2.24, 2.45) is 5.92 Å². The number of carbonyl (C=O) groups is 1. The van der Waals surface area contributed by atoms with Crippen LogP contribution in [0.4, 0.5) is 5.69 Å². The van der Waals surface area contributed by atoms with Crippen molar-refractivity contribution >= 4 is 11.7 Å². The van der Waals surface area contributed by atoms with Crippen LogP contribution in [-0.4, -0.2) is 24.2 Å². The van der Waals surface area contributed by atoms with E-state index in [0.717, 1.165) is 18.7 Å². The predicted octanol–water partition coefficient (Wildman–Crippen LogP) is 3.24. The first-order valence-corrected chi connectivity index (χ1v) is 6.44. The van der Waals surface area contributed by atoms with Crippen LogP contribution >= 0.6 is 0 Å². The van der Waals surface area contributed by atoms with Gasteiger partial charge in [0, 0.05) is 12.2 Å². The Balaban J connectivity index is 2.93. The van der Waals surface area contributed by atoms with Crippen LogP contribution in [0.3, 0.4) is 0 Å². The number of hydrogen-bond acceptors (Lipinski definition) is 2. The minimum atomic E-state index is -0.778. The van der Waals surface area contributed by atoms with Gasteiger partial charge in [0.15, 0.2) is 0 Å². The Morgan fingerprint density at radius 3 is 2.56 bits per heavy atom. The molecule has 0 atom stereocenters. The second kappa shape index (κ2) is 6.43. The molecule has 0 amide bonds. The summed E-state index contributed by atoms with van der Waals surface area (Å²) in [6.45, 7) is 9.27. The molecule has 18 heavy (non-hydrogen) atoms. The Morgan fingerprint density at radius 2 is 2.00 bits per heavy atom. The van der Waals surface area contributed by atoms with E-state index < -0.39 is 5.97 Å². The summed E-state index contributed by atoms with van der Waals surface area (Å²) in [6, 6.07) is 6.05. The van der Waals surface area contributed by atoms with Crippen LogP contribution in [0.15, 0.2) is 18.2 Å². The molecule has 3 nitrogen and oxygen atoms in total. The molecule has 1 aromatic rings. The lowest BCUT2D eigenvalue weighted by Gasteiger charge is -2.26. The molecule has 1 aromatic carbocycles. The summed E-state index contributed by atoms with van der Waals surface area (Å²) in [5, 5.41) is 9.03. The number of benzene rings is 1. The predicted molar refractivity (Wildman–Crippen MR) is 75.2 cm³/mol. The van der Waals surface area contributed by atoms with Gasteiger partial charge in [0.05, 0.1) is 0 Å². The number of rotatable bonds is 6. The molecule has 0 radical (unpaired) electrons. The second-order valence-electron chi connectivity index (χ2n) is 5.22. The third-order valence-electron chi connectivity index (χ3n) is 3.22. The van der Waals surface area contributed by atoms with Crippen LogP contribution in [0, 0.1) is 19.8 Å². The molecule has 1 N–H and O–H groups in total. The van der Waals surface area contributed by atoms with E-state index in [-0.39, 0.29) is 6.54 Å². The summed E-state index contributed by atoms with van der Waals surface area (Å²) in [6.07, 6.45) is 1.00. The van der Waals surface area contributed by atoms with Crippen LogP contribution in [0.2, 0.25) is 0 Å². The molecule has 3 heteroatoms. The summed E-state index contributed by atoms with van der Waals surface area (Å²) in [7, 11) is 0. The molecular weight excluding hydrogens is 226 g/mol. The lowest BCUT2D eigenvalue weighted by atomic mass is 10.1. The van der Waals surface area contributed by atoms with Crippen LogP contribution in [-0.2, 0) is 4.79 Å². The van der Waals surface area contributed by atoms with Crippen molar-refractivity contribution in [3.8, 4) is 0 Å². The van der Waals surface area contributed by atoms with Gasteiger partial charge in [0.25, 0.3) is 0 Å². The summed E-state index contributed by atoms with van der Waals surface area (Å²) >= 11 is 0. The Labute approximate surface area is 109 Å². The smallest absolute Gasteiger partial charge is 0.323 e. The maximum atomic E-state index is 11.0. The van der Waals surface area contributed by atoms with E-state index in [4.69, 9.17) is 5.11 Å². The first kappa shape index (κ1) is 14.6. The Hall–Kier alpha value is -1.51. The van der Waals surface area contributed by atoms with E-state index in [0.29, 0.717) is 5.92 Å². The number of aliphatic carboxylic acids is 1. The van der Waals surface area contributed by atoms with E-state index >= 15 is 0 Å². The van der Waals surface area contributed by atoms with Crippen LogP contribution in [0.1, 0.15) is 31.4 Å². The van der Waals surface area contributed by atoms with Gasteiger partial charge in [-0.1, -0.05) is 26.0 Å². The Morgan fingerprint density at radius 1 is 1.33 bits per heavy atom. The highest BCUT2D eigenvalue weighted by Crippen LogP contribution is 2.23. The van der Waals surface area contributed by atoms with Gasteiger partial charge in [-0.25, -0.2) is 0 Å². The molecule has 1 rings (SSSR count). The molecule has 0 aliphatic heterocycles. The zero-order valence-electron chi connectivity index (χ0n) is 11.7. The van der Waals surface area contributed by atoms with Gasteiger partial charge in [-0.15, -0.1) is 0 Å². The van der Waals surface area contributed by atoms with E-state index in [1.165, 1.54) is 11.1 Å². The summed E-state index contributed by atoms with van der Waals surface area (Å²) < 4.78 is 0. The minimum Gasteiger partial charge on any atom is -0.480 e. The first-order chi connectivity index (χ1) is 8.41. The standard InChI is InChI=1S/C15H23NO2/c1-11(2)8-9-16(10-15(17)18)14-7-5-6-12(3)13(14)4/h5-7,11H,8-10H2,1-4H3,(H,17,18). The Kier molecular flexibility index (Phi) is 5.20. The van der Waals surface area contributed by atoms with E-state index in [1.807, 2.05) is 17.0 Å². The van der Waals surface area contributed by atoms with Crippen molar-refractivity contribution < 1.29 is 9.90 Å². The van der Waals surface area contributed by atoms with Gasteiger partial charge in [0.2, 0.25) is 0 Å². The summed E-state index contributed by atoms with van der Waals surface area (Å²) in [4.78, 5) is 12.9. The van der Waals surface area contributed by atoms with Gasteiger partial charge < -0.3 is 10.0 Å². The molecule has 0 spiro atoms. The third-order valence-corrected chi connectivity index (χ3v) is 3.22. The number of carboxylic acid groups (broad SMARTS) is 1. The van der Waals surface area contributed by atoms with Crippen molar-refractivity contribution in [2.75, 3.05) is 18.0 Å². The lowest BCUT2D eigenvalue weighted by Crippen LogP contribution is -2.32. The van der Waals surface area contributed by atoms with E-state index in [1.54, 1.807) is 0 Å². The minimum absolute atomic E-state index is 0.0665. The zero-order valence-corrected chi connectivity index (χ0v) is 11.7. The molecule has 0 bridgehead atoms. The van der Waals surface area contributed by atoms with Crippen molar-refractivity contribution in [3.05, 3.63) is 29.3 Å². The fourth-order valence-electron chi connectivity index (χ4n) is 1.94. The van der Waals surface area contributed by atoms with Gasteiger partial charge in [-0.05, 0) is 43.4 Å². The normalized spacial score (nSPS) is 10.7. The van der Waals surface area contributed by atoms with Gasteiger partial charge in [0.1, 0.15) is 6.54 Å². The molecular formula is C15H23NO2. The zero-order chi connectivity index (χ0) is 13.7. The summed E-state index contributed by atoms with van der Waals surface area (Å²) in [5.74, 6) is -0.203. The SMILES string of the molecule is Cc1cccc(N(CCC(C)C)CC(=O)O)c1C. The van der Waals surface area contributed by atoms with E-state index in [9.17, 15) is 4.79 Å². The lowest BCUT2D eigenvalue weighted by molar-refractivity contribution is -0.135. The molecule has 0 saturated heterocycles. The number of anilines is 1. The van der Waals surface area contributed by atoms with Gasteiger partial charge >= 0.3 is 5.97 Å². The molecule has 0 aliphatic carbocycles. The average molecular weight is 249 g/mol. The number of aryl methyl sites for hydroxylation is 1. The Bertz CT molecular complexity index is 413. The highest BCUT2D eigenvalue weighted by Gasteiger charge is 2.13. The second-order valence-corrected chi connectivity index (χ2v) is 5.22. The number of nitrogens with zero attached hydrogens (tertiary/aromatic N) is 1. The average Bonchev–Trinajstić information content (AvgIpc) is 2.27. The highest BCUT2D eigenvalue weighted by molar-refractivity contribution is 5.74. The van der Waals surface area contributed by atoms with Crippen LogP contribution in [0.5, 0.6) is 0 Å². The maximum absolute atomic E-state index is 11.0. The topological polar surface area (TPSA) is 40.5 Å². The monoisotopic (exact) mass is 249 g/mol. The quantitative estimate of drug-likeness (QED) is 0.841. The highest BCUT2D eigenvalue weighted by atomic mass is 16.4. The summed E-state index contributed by atoms with van der Waals surface area (Å²) in [5.41, 5.74) is 3.41. The van der Waals surface area contributed by atoms with Gasteiger partial charge in [-0.2, -0.15) is 0 Å². The van der Waals surface area contributed by atoms with E-state index in [2.05, 4.69) is 33.8 Å². The van der Waals surface area contributed by atoms with Crippen molar-refractivity contribution in [1.29, 1.82) is 0 Å². The largest absolute Gasteiger partial charge is 0.480 e. The van der Waals surface area contributed by atoms with Crippen LogP contribution < -0.4 is 4.90 Å². The molecule has 0 aromatic heterocycles. The molecule has 0 saturated carbocycles. The van der Waals surface area contributed by atoms with Gasteiger partial charge in [-0.3, -0.25) is 4.79 Å². The number of hydrogen-bond donors (Lipinski definition) is 1. The van der Waals surface area contributed by atoms with Crippen molar-refractivity contribution in [2.45, 2.75) is 34.1 Å². The van der Waals surface area contributed by atoms with Crippen molar-refractivity contribution in [3.63, 3.8) is 0 Å². The first-order valence-electron chi connectivity index (χ1n) is 6.44. The fourth-order valence-corrected chi connectivity index (χ4v) is 1.94. The fraction of sp³-hybridized carbons (Fsp3) is 0.533. The molecule has 0 aliphatic rings.